The van der Waals surface area contributed by atoms with Crippen LogP contribution in [0.25, 0.3) is 0 Å². The van der Waals surface area contributed by atoms with Crippen LogP contribution >= 0.6 is 11.8 Å². The molecule has 1 rings (SSSR count). The number of hydrogen-bond donors (Lipinski definition) is 1. The van der Waals surface area contributed by atoms with Crippen molar-refractivity contribution in [3.63, 3.8) is 0 Å². The van der Waals surface area contributed by atoms with E-state index in [0.29, 0.717) is 12.2 Å². The fourth-order valence-corrected chi connectivity index (χ4v) is 2.32. The van der Waals surface area contributed by atoms with Gasteiger partial charge in [0.25, 0.3) is 17.5 Å². The molecule has 0 radical (unpaired) electrons. The van der Waals surface area contributed by atoms with Crippen molar-refractivity contribution in [2.75, 3.05) is 32.7 Å². The summed E-state index contributed by atoms with van der Waals surface area (Å²) < 4.78 is 4.96. The van der Waals surface area contributed by atoms with Crippen molar-refractivity contribution in [1.29, 1.82) is 0 Å². The molecule has 0 unspecified atom stereocenters. The highest BCUT2D eigenvalue weighted by molar-refractivity contribution is 7.98. The monoisotopic (exact) mass is 383 g/mol. The SMILES string of the molecule is CSCC[C@H](NC(=O)c1cccc([N+](=O)[O-])c1)C(=O)OCC(=O)N(C)C. The second kappa shape index (κ2) is 10.4. The zero-order chi connectivity index (χ0) is 19.7. The first-order valence-electron chi connectivity index (χ1n) is 7.67. The molecule has 1 atom stereocenters. The minimum Gasteiger partial charge on any atom is -0.454 e. The molecule has 0 bridgehead atoms. The van der Waals surface area contributed by atoms with Crippen LogP contribution < -0.4 is 5.32 Å². The minimum absolute atomic E-state index is 0.0607. The van der Waals surface area contributed by atoms with Crippen LogP contribution in [0.1, 0.15) is 16.8 Å². The zero-order valence-electron chi connectivity index (χ0n) is 14.8. The van der Waals surface area contributed by atoms with Crippen LogP contribution in [0.15, 0.2) is 24.3 Å². The number of nitro benzene ring substituents is 1. The molecule has 0 fully saturated rings. The number of nitrogens with zero attached hydrogens (tertiary/aromatic N) is 2. The number of ether oxygens (including phenoxy) is 1. The molecule has 1 aromatic carbocycles. The third-order valence-corrected chi connectivity index (χ3v) is 4.00. The van der Waals surface area contributed by atoms with E-state index in [4.69, 9.17) is 4.74 Å². The summed E-state index contributed by atoms with van der Waals surface area (Å²) in [5.74, 6) is -1.16. The molecule has 0 aliphatic rings. The Labute approximate surface area is 155 Å². The number of benzene rings is 1. The van der Waals surface area contributed by atoms with Crippen LogP contribution in [0, 0.1) is 10.1 Å². The first-order chi connectivity index (χ1) is 12.3. The van der Waals surface area contributed by atoms with Gasteiger partial charge in [-0.25, -0.2) is 4.79 Å². The van der Waals surface area contributed by atoms with Gasteiger partial charge in [-0.3, -0.25) is 19.7 Å². The molecular weight excluding hydrogens is 362 g/mol. The lowest BCUT2D eigenvalue weighted by Crippen LogP contribution is -2.43. The van der Waals surface area contributed by atoms with E-state index < -0.39 is 29.4 Å². The molecule has 0 aromatic heterocycles. The summed E-state index contributed by atoms with van der Waals surface area (Å²) in [7, 11) is 3.07. The first-order valence-corrected chi connectivity index (χ1v) is 9.06. The van der Waals surface area contributed by atoms with E-state index in [0.717, 1.165) is 6.07 Å². The van der Waals surface area contributed by atoms with Gasteiger partial charge in [0, 0.05) is 31.8 Å². The molecule has 0 spiro atoms. The molecule has 0 aliphatic heterocycles. The van der Waals surface area contributed by atoms with E-state index in [1.165, 1.54) is 49.0 Å². The number of esters is 1. The zero-order valence-corrected chi connectivity index (χ0v) is 15.6. The summed E-state index contributed by atoms with van der Waals surface area (Å²) in [4.78, 5) is 47.5. The van der Waals surface area contributed by atoms with Gasteiger partial charge in [-0.1, -0.05) is 6.07 Å². The third kappa shape index (κ3) is 6.71. The Morgan fingerprint density at radius 3 is 2.62 bits per heavy atom. The van der Waals surface area contributed by atoms with Crippen molar-refractivity contribution >= 4 is 35.2 Å². The van der Waals surface area contributed by atoms with Crippen LogP contribution in [0.4, 0.5) is 5.69 Å². The molecule has 142 valence electrons. The number of hydrogen-bond acceptors (Lipinski definition) is 7. The Bertz CT molecular complexity index is 680. The van der Waals surface area contributed by atoms with E-state index >= 15 is 0 Å². The largest absolute Gasteiger partial charge is 0.454 e. The van der Waals surface area contributed by atoms with Crippen molar-refractivity contribution in [2.45, 2.75) is 12.5 Å². The number of carbonyl (C=O) groups is 3. The van der Waals surface area contributed by atoms with E-state index in [1.54, 1.807) is 0 Å². The fourth-order valence-electron chi connectivity index (χ4n) is 1.85. The first kappa shape index (κ1) is 21.4. The van der Waals surface area contributed by atoms with Crippen LogP contribution in [-0.4, -0.2) is 66.4 Å². The summed E-state index contributed by atoms with van der Waals surface area (Å²) in [5, 5.41) is 13.3. The van der Waals surface area contributed by atoms with E-state index in [-0.39, 0.29) is 17.2 Å². The summed E-state index contributed by atoms with van der Waals surface area (Å²) in [5.41, 5.74) is -0.164. The van der Waals surface area contributed by atoms with Crippen molar-refractivity contribution in [2.24, 2.45) is 0 Å². The third-order valence-electron chi connectivity index (χ3n) is 3.36. The Morgan fingerprint density at radius 1 is 1.35 bits per heavy atom. The fraction of sp³-hybridized carbons (Fsp3) is 0.438. The number of thioether (sulfide) groups is 1. The quantitative estimate of drug-likeness (QED) is 0.385. The number of amides is 2. The Kier molecular flexibility index (Phi) is 8.56. The van der Waals surface area contributed by atoms with Gasteiger partial charge >= 0.3 is 5.97 Å². The molecular formula is C16H21N3O6S. The molecule has 1 N–H and O–H groups in total. The predicted octanol–water partition coefficient (Wildman–Crippen LogP) is 1.08. The molecule has 2 amide bonds. The molecule has 9 nitrogen and oxygen atoms in total. The maximum absolute atomic E-state index is 12.3. The number of carbonyl (C=O) groups excluding carboxylic acids is 3. The minimum atomic E-state index is -0.954. The van der Waals surface area contributed by atoms with Crippen molar-refractivity contribution in [1.82, 2.24) is 10.2 Å². The van der Waals surface area contributed by atoms with Gasteiger partial charge in [-0.05, 0) is 24.5 Å². The Morgan fingerprint density at radius 2 is 2.04 bits per heavy atom. The van der Waals surface area contributed by atoms with Crippen LogP contribution in [0.5, 0.6) is 0 Å². The highest BCUT2D eigenvalue weighted by atomic mass is 32.2. The number of nitro groups is 1. The van der Waals surface area contributed by atoms with Gasteiger partial charge in [0.2, 0.25) is 0 Å². The van der Waals surface area contributed by atoms with Crippen LogP contribution in [0.2, 0.25) is 0 Å². The highest BCUT2D eigenvalue weighted by Gasteiger charge is 2.24. The van der Waals surface area contributed by atoms with Gasteiger partial charge < -0.3 is 15.0 Å². The molecule has 1 aromatic rings. The van der Waals surface area contributed by atoms with Crippen LogP contribution in [-0.2, 0) is 14.3 Å². The Balaban J connectivity index is 2.81. The lowest BCUT2D eigenvalue weighted by atomic mass is 10.1. The van der Waals surface area contributed by atoms with Gasteiger partial charge in [0.05, 0.1) is 4.92 Å². The molecule has 0 heterocycles. The van der Waals surface area contributed by atoms with Crippen molar-refractivity contribution in [3.05, 3.63) is 39.9 Å². The van der Waals surface area contributed by atoms with Crippen LogP contribution in [0.3, 0.4) is 0 Å². The van der Waals surface area contributed by atoms with Gasteiger partial charge in [0.15, 0.2) is 6.61 Å². The molecule has 0 saturated carbocycles. The number of nitrogens with one attached hydrogen (secondary N) is 1. The predicted molar refractivity (Wildman–Crippen MR) is 97.0 cm³/mol. The van der Waals surface area contributed by atoms with Gasteiger partial charge in [0.1, 0.15) is 6.04 Å². The highest BCUT2D eigenvalue weighted by Crippen LogP contribution is 2.13. The van der Waals surface area contributed by atoms with E-state index in [1.807, 2.05) is 6.26 Å². The topological polar surface area (TPSA) is 119 Å². The maximum atomic E-state index is 12.3. The summed E-state index contributed by atoms with van der Waals surface area (Å²) in [6.45, 7) is -0.422. The Hall–Kier alpha value is -2.62. The standard InChI is InChI=1S/C16H21N3O6S/c1-18(2)14(20)10-25-16(22)13(7-8-26-3)17-15(21)11-5-4-6-12(9-11)19(23)24/h4-6,9,13H,7-8,10H2,1-3H3,(H,17,21)/t13-/m0/s1. The normalized spacial score (nSPS) is 11.3. The average Bonchev–Trinajstić information content (AvgIpc) is 2.62. The van der Waals surface area contributed by atoms with Crippen molar-refractivity contribution in [3.8, 4) is 0 Å². The number of rotatable bonds is 9. The van der Waals surface area contributed by atoms with Crippen molar-refractivity contribution < 1.29 is 24.0 Å². The number of non-ortho nitro benzene ring substituents is 1. The summed E-state index contributed by atoms with van der Waals surface area (Å²) in [6, 6.07) is 4.24. The summed E-state index contributed by atoms with van der Waals surface area (Å²) >= 11 is 1.48. The molecule has 10 heteroatoms. The second-order valence-electron chi connectivity index (χ2n) is 5.51. The molecule has 26 heavy (non-hydrogen) atoms. The maximum Gasteiger partial charge on any atom is 0.329 e. The number of likely N-dealkylation sites (N-methyl/N-ethyl adjacent to an activating group) is 1. The molecule has 0 aliphatic carbocycles. The average molecular weight is 383 g/mol. The lowest BCUT2D eigenvalue weighted by molar-refractivity contribution is -0.384. The van der Waals surface area contributed by atoms with Gasteiger partial charge in [-0.2, -0.15) is 11.8 Å². The lowest BCUT2D eigenvalue weighted by Gasteiger charge is -2.18. The van der Waals surface area contributed by atoms with E-state index in [9.17, 15) is 24.5 Å². The smallest absolute Gasteiger partial charge is 0.329 e. The van der Waals surface area contributed by atoms with E-state index in [2.05, 4.69) is 5.32 Å². The second-order valence-corrected chi connectivity index (χ2v) is 6.50. The summed E-state index contributed by atoms with van der Waals surface area (Å²) in [6.07, 6.45) is 2.15. The van der Waals surface area contributed by atoms with Gasteiger partial charge in [-0.15, -0.1) is 0 Å². The molecule has 0 saturated heterocycles.